The number of para-hydroxylation sites is 1. The minimum atomic E-state index is -0.415. The van der Waals surface area contributed by atoms with Crippen molar-refractivity contribution < 1.29 is 19.5 Å². The van der Waals surface area contributed by atoms with Crippen LogP contribution in [0.2, 0.25) is 0 Å². The molecular formula is C34H30N2O4. The predicted octanol–water partition coefficient (Wildman–Crippen LogP) is 7.25. The molecule has 0 unspecified atom stereocenters. The third kappa shape index (κ3) is 3.78. The summed E-state index contributed by atoms with van der Waals surface area (Å²) in [6.45, 7) is 12.4. The van der Waals surface area contributed by atoms with Crippen molar-refractivity contribution in [2.75, 3.05) is 4.90 Å². The smallest absolute Gasteiger partial charge is 0.266 e. The number of amides is 2. The summed E-state index contributed by atoms with van der Waals surface area (Å²) >= 11 is 0. The van der Waals surface area contributed by atoms with E-state index in [4.69, 9.17) is 4.98 Å². The molecule has 6 nitrogen and oxygen atoms in total. The van der Waals surface area contributed by atoms with Crippen LogP contribution in [0, 0.1) is 0 Å². The van der Waals surface area contributed by atoms with Gasteiger partial charge in [-0.25, -0.2) is 9.88 Å². The number of aliphatic hydroxyl groups excluding tert-OH is 1. The van der Waals surface area contributed by atoms with Crippen LogP contribution in [0.5, 0.6) is 0 Å². The summed E-state index contributed by atoms with van der Waals surface area (Å²) in [6, 6.07) is 19.7. The Bertz CT molecular complexity index is 1830. The van der Waals surface area contributed by atoms with Crippen LogP contribution in [-0.2, 0) is 10.8 Å². The number of imide groups is 1. The molecule has 6 rings (SSSR count). The fraction of sp³-hybridized carbons (Fsp3) is 0.235. The van der Waals surface area contributed by atoms with Crippen LogP contribution in [-0.4, -0.2) is 27.7 Å². The SMILES string of the molecule is CC(C)(C)c1ccc2c(c1)C(=O)N(c1cccc3ccc(C4=C(O)c5cc(C(C)(C)C)ccc5C4=O)nc13)C2=O. The largest absolute Gasteiger partial charge is 0.506 e. The van der Waals surface area contributed by atoms with Gasteiger partial charge in [0.25, 0.3) is 11.8 Å². The lowest BCUT2D eigenvalue weighted by molar-refractivity contribution is 0.0925. The Morgan fingerprint density at radius 1 is 0.675 bits per heavy atom. The van der Waals surface area contributed by atoms with Crippen LogP contribution in [0.3, 0.4) is 0 Å². The number of aliphatic hydroxyl groups is 1. The molecule has 40 heavy (non-hydrogen) atoms. The first-order valence-electron chi connectivity index (χ1n) is 13.3. The van der Waals surface area contributed by atoms with E-state index in [1.165, 1.54) is 0 Å². The van der Waals surface area contributed by atoms with E-state index in [0.29, 0.717) is 38.8 Å². The van der Waals surface area contributed by atoms with Gasteiger partial charge in [0.05, 0.1) is 33.6 Å². The van der Waals surface area contributed by atoms with Gasteiger partial charge in [-0.1, -0.05) is 71.9 Å². The monoisotopic (exact) mass is 530 g/mol. The van der Waals surface area contributed by atoms with Gasteiger partial charge in [-0.15, -0.1) is 0 Å². The van der Waals surface area contributed by atoms with E-state index in [1.54, 1.807) is 42.5 Å². The molecule has 2 heterocycles. The lowest BCUT2D eigenvalue weighted by atomic mass is 9.85. The molecule has 0 fully saturated rings. The molecule has 2 aliphatic rings. The number of aromatic nitrogens is 1. The van der Waals surface area contributed by atoms with Gasteiger partial charge < -0.3 is 5.11 Å². The molecule has 0 saturated carbocycles. The number of fused-ring (bicyclic) bond motifs is 3. The van der Waals surface area contributed by atoms with E-state index in [2.05, 4.69) is 41.5 Å². The van der Waals surface area contributed by atoms with Crippen LogP contribution in [0.1, 0.15) is 95.0 Å². The van der Waals surface area contributed by atoms with Crippen molar-refractivity contribution in [3.63, 3.8) is 0 Å². The van der Waals surface area contributed by atoms with E-state index in [-0.39, 0.29) is 33.6 Å². The molecule has 2 amide bonds. The van der Waals surface area contributed by atoms with Gasteiger partial charge in [-0.3, -0.25) is 14.4 Å². The highest BCUT2D eigenvalue weighted by Crippen LogP contribution is 2.40. The van der Waals surface area contributed by atoms with Crippen molar-refractivity contribution in [2.24, 2.45) is 0 Å². The fourth-order valence-corrected chi connectivity index (χ4v) is 5.40. The normalized spacial score (nSPS) is 15.3. The molecule has 1 N–H and O–H groups in total. The maximum atomic E-state index is 13.6. The number of hydrogen-bond donors (Lipinski definition) is 1. The van der Waals surface area contributed by atoms with Gasteiger partial charge in [0.2, 0.25) is 0 Å². The van der Waals surface area contributed by atoms with Crippen molar-refractivity contribution in [3.05, 3.63) is 106 Å². The molecule has 0 spiro atoms. The molecule has 0 bridgehead atoms. The highest BCUT2D eigenvalue weighted by molar-refractivity contribution is 6.39. The number of carbonyl (C=O) groups excluding carboxylic acids is 3. The molecule has 1 aliphatic carbocycles. The molecule has 6 heteroatoms. The Kier molecular flexibility index (Phi) is 5.43. The highest BCUT2D eigenvalue weighted by Gasteiger charge is 2.39. The fourth-order valence-electron chi connectivity index (χ4n) is 5.40. The second-order valence-electron chi connectivity index (χ2n) is 12.6. The third-order valence-electron chi connectivity index (χ3n) is 7.80. The zero-order valence-electron chi connectivity index (χ0n) is 23.4. The zero-order valence-corrected chi connectivity index (χ0v) is 23.4. The molecule has 200 valence electrons. The summed E-state index contributed by atoms with van der Waals surface area (Å²) in [4.78, 5) is 46.5. The van der Waals surface area contributed by atoms with Crippen LogP contribution < -0.4 is 4.90 Å². The number of allylic oxidation sites excluding steroid dienone is 1. The quantitative estimate of drug-likeness (QED) is 0.276. The van der Waals surface area contributed by atoms with Crippen LogP contribution >= 0.6 is 0 Å². The third-order valence-corrected chi connectivity index (χ3v) is 7.80. The Labute approximate surface area is 233 Å². The maximum Gasteiger partial charge on any atom is 0.266 e. The number of nitrogens with zero attached hydrogens (tertiary/aromatic N) is 2. The van der Waals surface area contributed by atoms with Crippen molar-refractivity contribution in [2.45, 2.75) is 52.4 Å². The standard InChI is InChI=1S/C34H30N2O4/c1-33(2,3)19-11-13-21-23(16-19)30(38)27(29(21)37)25-15-10-18-8-7-9-26(28(18)35-25)36-31(39)22-14-12-20(34(4,5)6)17-24(22)32(36)40/h7-17,38H,1-6H3. The van der Waals surface area contributed by atoms with Gasteiger partial charge in [0.15, 0.2) is 5.78 Å². The van der Waals surface area contributed by atoms with Crippen molar-refractivity contribution in [1.82, 2.24) is 4.98 Å². The van der Waals surface area contributed by atoms with E-state index in [0.717, 1.165) is 16.0 Å². The van der Waals surface area contributed by atoms with E-state index in [9.17, 15) is 19.5 Å². The molecule has 0 saturated heterocycles. The lowest BCUT2D eigenvalue weighted by Crippen LogP contribution is -2.29. The average molecular weight is 531 g/mol. The van der Waals surface area contributed by atoms with Crippen molar-refractivity contribution in [3.8, 4) is 0 Å². The number of benzene rings is 3. The number of Topliss-reactive ketones (excluding diaryl/α,β-unsaturated/α-hetero) is 1. The average Bonchev–Trinajstić information content (AvgIpc) is 3.30. The Balaban J connectivity index is 1.47. The Hall–Kier alpha value is -4.58. The Morgan fingerprint density at radius 3 is 1.93 bits per heavy atom. The highest BCUT2D eigenvalue weighted by atomic mass is 16.3. The number of anilines is 1. The zero-order chi connectivity index (χ0) is 28.7. The number of ketones is 1. The minimum absolute atomic E-state index is 0.106. The van der Waals surface area contributed by atoms with Gasteiger partial charge >= 0.3 is 0 Å². The predicted molar refractivity (Wildman–Crippen MR) is 157 cm³/mol. The summed E-state index contributed by atoms with van der Waals surface area (Å²) in [5.41, 5.74) is 4.36. The molecular weight excluding hydrogens is 500 g/mol. The second kappa shape index (κ2) is 8.46. The topological polar surface area (TPSA) is 87.6 Å². The summed E-state index contributed by atoms with van der Waals surface area (Å²) in [7, 11) is 0. The summed E-state index contributed by atoms with van der Waals surface area (Å²) < 4.78 is 0. The number of rotatable bonds is 2. The molecule has 4 aromatic rings. The molecule has 3 aromatic carbocycles. The summed E-state index contributed by atoms with van der Waals surface area (Å²) in [6.07, 6.45) is 0. The van der Waals surface area contributed by atoms with Crippen molar-refractivity contribution in [1.29, 1.82) is 0 Å². The first-order chi connectivity index (χ1) is 18.8. The van der Waals surface area contributed by atoms with E-state index < -0.39 is 11.8 Å². The number of carbonyl (C=O) groups is 3. The molecule has 1 aliphatic heterocycles. The molecule has 0 atom stereocenters. The molecule has 0 radical (unpaired) electrons. The van der Waals surface area contributed by atoms with Gasteiger partial charge in [-0.05, 0) is 58.4 Å². The minimum Gasteiger partial charge on any atom is -0.506 e. The van der Waals surface area contributed by atoms with Gasteiger partial charge in [-0.2, -0.15) is 0 Å². The maximum absolute atomic E-state index is 13.6. The lowest BCUT2D eigenvalue weighted by Gasteiger charge is -2.19. The number of pyridine rings is 1. The van der Waals surface area contributed by atoms with Crippen LogP contribution in [0.4, 0.5) is 5.69 Å². The Morgan fingerprint density at radius 2 is 1.27 bits per heavy atom. The van der Waals surface area contributed by atoms with Crippen LogP contribution in [0.15, 0.2) is 66.7 Å². The molecule has 1 aromatic heterocycles. The van der Waals surface area contributed by atoms with E-state index in [1.807, 2.05) is 24.3 Å². The van der Waals surface area contributed by atoms with Gasteiger partial charge in [0, 0.05) is 16.5 Å². The van der Waals surface area contributed by atoms with Crippen LogP contribution in [0.25, 0.3) is 22.2 Å². The van der Waals surface area contributed by atoms with Crippen molar-refractivity contribution >= 4 is 45.5 Å². The van der Waals surface area contributed by atoms with Gasteiger partial charge in [0.1, 0.15) is 5.76 Å². The van der Waals surface area contributed by atoms with E-state index >= 15 is 0 Å². The second-order valence-corrected chi connectivity index (χ2v) is 12.6. The summed E-state index contributed by atoms with van der Waals surface area (Å²) in [5.74, 6) is -1.26. The first-order valence-corrected chi connectivity index (χ1v) is 13.3. The summed E-state index contributed by atoms with van der Waals surface area (Å²) in [5, 5.41) is 11.9. The first kappa shape index (κ1) is 25.7. The number of hydrogen-bond acceptors (Lipinski definition) is 5.